The summed E-state index contributed by atoms with van der Waals surface area (Å²) < 4.78 is 10.8. The summed E-state index contributed by atoms with van der Waals surface area (Å²) in [5, 5.41) is 11.8. The standard InChI is InChI=1S/C14H19NO5/c1-3-15-12(16)8-9-20-13-10(14(17)18)6-5-7-11(13)19-4-2/h5-7H,3-4,8-9H2,1-2H3,(H,15,16)(H,17,18). The van der Waals surface area contributed by atoms with Crippen LogP contribution in [0.1, 0.15) is 30.6 Å². The number of carbonyl (C=O) groups is 2. The molecule has 20 heavy (non-hydrogen) atoms. The minimum Gasteiger partial charge on any atom is -0.490 e. The molecule has 0 radical (unpaired) electrons. The highest BCUT2D eigenvalue weighted by atomic mass is 16.5. The SMILES string of the molecule is CCNC(=O)CCOc1c(OCC)cccc1C(=O)O. The topological polar surface area (TPSA) is 84.9 Å². The summed E-state index contributed by atoms with van der Waals surface area (Å²) in [5.41, 5.74) is 0.0202. The number of hydrogen-bond donors (Lipinski definition) is 2. The first-order valence-corrected chi connectivity index (χ1v) is 6.48. The number of benzene rings is 1. The smallest absolute Gasteiger partial charge is 0.339 e. The van der Waals surface area contributed by atoms with Gasteiger partial charge in [0, 0.05) is 6.54 Å². The molecule has 2 N–H and O–H groups in total. The molecular weight excluding hydrogens is 262 g/mol. The number of ether oxygens (including phenoxy) is 2. The van der Waals surface area contributed by atoms with E-state index in [1.54, 1.807) is 19.1 Å². The van der Waals surface area contributed by atoms with Crippen molar-refractivity contribution in [1.82, 2.24) is 5.32 Å². The first-order valence-electron chi connectivity index (χ1n) is 6.48. The monoisotopic (exact) mass is 281 g/mol. The highest BCUT2D eigenvalue weighted by Crippen LogP contribution is 2.31. The number of nitrogens with one attached hydrogen (secondary N) is 1. The van der Waals surface area contributed by atoms with Crippen molar-refractivity contribution in [3.8, 4) is 11.5 Å². The van der Waals surface area contributed by atoms with E-state index in [-0.39, 0.29) is 30.2 Å². The van der Waals surface area contributed by atoms with Gasteiger partial charge in [-0.05, 0) is 26.0 Å². The van der Waals surface area contributed by atoms with Gasteiger partial charge in [-0.2, -0.15) is 0 Å². The van der Waals surface area contributed by atoms with Gasteiger partial charge in [0.05, 0.1) is 19.6 Å². The fourth-order valence-electron chi connectivity index (χ4n) is 1.63. The average molecular weight is 281 g/mol. The molecule has 0 fully saturated rings. The van der Waals surface area contributed by atoms with Gasteiger partial charge in [-0.15, -0.1) is 0 Å². The van der Waals surface area contributed by atoms with Gasteiger partial charge in [0.15, 0.2) is 11.5 Å². The van der Waals surface area contributed by atoms with Crippen LogP contribution in [0.3, 0.4) is 0 Å². The molecule has 6 nitrogen and oxygen atoms in total. The van der Waals surface area contributed by atoms with Crippen molar-refractivity contribution < 1.29 is 24.2 Å². The maximum absolute atomic E-state index is 11.3. The second kappa shape index (κ2) is 8.04. The molecule has 1 aromatic carbocycles. The van der Waals surface area contributed by atoms with Crippen LogP contribution in [0.25, 0.3) is 0 Å². The van der Waals surface area contributed by atoms with Crippen molar-refractivity contribution in [3.63, 3.8) is 0 Å². The lowest BCUT2D eigenvalue weighted by Gasteiger charge is -2.14. The Bertz CT molecular complexity index is 473. The summed E-state index contributed by atoms with van der Waals surface area (Å²) in [7, 11) is 0. The zero-order chi connectivity index (χ0) is 15.0. The number of carbonyl (C=O) groups excluding carboxylic acids is 1. The second-order valence-corrected chi connectivity index (χ2v) is 3.92. The minimum absolute atomic E-state index is 0.0202. The van der Waals surface area contributed by atoms with Crippen molar-refractivity contribution in [3.05, 3.63) is 23.8 Å². The third-order valence-electron chi connectivity index (χ3n) is 2.46. The molecule has 1 aromatic rings. The van der Waals surface area contributed by atoms with Gasteiger partial charge in [-0.1, -0.05) is 6.07 Å². The van der Waals surface area contributed by atoms with Crippen LogP contribution in [0.2, 0.25) is 0 Å². The Hall–Kier alpha value is -2.24. The van der Waals surface area contributed by atoms with E-state index in [0.29, 0.717) is 18.9 Å². The van der Waals surface area contributed by atoms with Gasteiger partial charge in [-0.25, -0.2) is 4.79 Å². The molecule has 0 heterocycles. The van der Waals surface area contributed by atoms with Gasteiger partial charge >= 0.3 is 5.97 Å². The van der Waals surface area contributed by atoms with E-state index in [9.17, 15) is 9.59 Å². The van der Waals surface area contributed by atoms with Crippen LogP contribution in [0.4, 0.5) is 0 Å². The lowest BCUT2D eigenvalue weighted by molar-refractivity contribution is -0.121. The van der Waals surface area contributed by atoms with Crippen LogP contribution in [0.15, 0.2) is 18.2 Å². The lowest BCUT2D eigenvalue weighted by atomic mass is 10.2. The first-order chi connectivity index (χ1) is 9.60. The minimum atomic E-state index is -1.10. The molecule has 110 valence electrons. The predicted molar refractivity (Wildman–Crippen MR) is 73.4 cm³/mol. The zero-order valence-corrected chi connectivity index (χ0v) is 11.6. The Morgan fingerprint density at radius 3 is 2.60 bits per heavy atom. The van der Waals surface area contributed by atoms with E-state index >= 15 is 0 Å². The normalized spacial score (nSPS) is 9.90. The Morgan fingerprint density at radius 1 is 1.25 bits per heavy atom. The fourth-order valence-corrected chi connectivity index (χ4v) is 1.63. The summed E-state index contributed by atoms with van der Waals surface area (Å²) in [6.07, 6.45) is 0.160. The zero-order valence-electron chi connectivity index (χ0n) is 11.6. The van der Waals surface area contributed by atoms with Crippen LogP contribution in [-0.4, -0.2) is 36.7 Å². The maximum Gasteiger partial charge on any atom is 0.339 e. The summed E-state index contributed by atoms with van der Waals surface area (Å²) in [4.78, 5) is 22.5. The third-order valence-corrected chi connectivity index (χ3v) is 2.46. The number of carboxylic acid groups (broad SMARTS) is 1. The number of rotatable bonds is 8. The number of amides is 1. The molecule has 0 saturated heterocycles. The third kappa shape index (κ3) is 4.46. The van der Waals surface area contributed by atoms with Crippen molar-refractivity contribution in [2.45, 2.75) is 20.3 Å². The summed E-state index contributed by atoms with van der Waals surface area (Å²) in [5.74, 6) is -0.715. The second-order valence-electron chi connectivity index (χ2n) is 3.92. The van der Waals surface area contributed by atoms with E-state index in [1.807, 2.05) is 6.92 Å². The molecule has 0 aliphatic carbocycles. The van der Waals surface area contributed by atoms with Gasteiger partial charge < -0.3 is 19.9 Å². The summed E-state index contributed by atoms with van der Waals surface area (Å²) >= 11 is 0. The maximum atomic E-state index is 11.3. The quantitative estimate of drug-likeness (QED) is 0.757. The number of aromatic carboxylic acids is 1. The van der Waals surface area contributed by atoms with E-state index in [2.05, 4.69) is 5.32 Å². The fraction of sp³-hybridized carbons (Fsp3) is 0.429. The molecular formula is C14H19NO5. The predicted octanol–water partition coefficient (Wildman–Crippen LogP) is 1.69. The van der Waals surface area contributed by atoms with E-state index in [4.69, 9.17) is 14.6 Å². The van der Waals surface area contributed by atoms with Crippen molar-refractivity contribution in [2.75, 3.05) is 19.8 Å². The molecule has 0 bridgehead atoms. The van der Waals surface area contributed by atoms with Crippen LogP contribution >= 0.6 is 0 Å². The highest BCUT2D eigenvalue weighted by Gasteiger charge is 2.16. The van der Waals surface area contributed by atoms with Gasteiger partial charge in [0.1, 0.15) is 5.56 Å². The van der Waals surface area contributed by atoms with Crippen molar-refractivity contribution in [1.29, 1.82) is 0 Å². The Labute approximate surface area is 117 Å². The largest absolute Gasteiger partial charge is 0.490 e. The number of hydrogen-bond acceptors (Lipinski definition) is 4. The Balaban J connectivity index is 2.80. The molecule has 0 spiro atoms. The molecule has 0 unspecified atom stereocenters. The van der Waals surface area contributed by atoms with Crippen LogP contribution in [-0.2, 0) is 4.79 Å². The van der Waals surface area contributed by atoms with Crippen LogP contribution in [0.5, 0.6) is 11.5 Å². The van der Waals surface area contributed by atoms with Gasteiger partial charge in [0.2, 0.25) is 5.91 Å². The Kier molecular flexibility index (Phi) is 6.36. The van der Waals surface area contributed by atoms with Gasteiger partial charge in [0.25, 0.3) is 0 Å². The molecule has 0 aromatic heterocycles. The van der Waals surface area contributed by atoms with Crippen molar-refractivity contribution in [2.24, 2.45) is 0 Å². The Morgan fingerprint density at radius 2 is 2.00 bits per heavy atom. The van der Waals surface area contributed by atoms with E-state index in [0.717, 1.165) is 0 Å². The average Bonchev–Trinajstić information content (AvgIpc) is 2.40. The molecule has 0 aliphatic heterocycles. The molecule has 0 saturated carbocycles. The van der Waals surface area contributed by atoms with E-state index < -0.39 is 5.97 Å². The van der Waals surface area contributed by atoms with Crippen LogP contribution in [0, 0.1) is 0 Å². The summed E-state index contributed by atoms with van der Waals surface area (Å²) in [6, 6.07) is 4.66. The first kappa shape index (κ1) is 15.8. The highest BCUT2D eigenvalue weighted by molar-refractivity contribution is 5.92. The number of carboxylic acids is 1. The van der Waals surface area contributed by atoms with E-state index in [1.165, 1.54) is 6.07 Å². The molecule has 1 rings (SSSR count). The molecule has 1 amide bonds. The van der Waals surface area contributed by atoms with Gasteiger partial charge in [-0.3, -0.25) is 4.79 Å². The molecule has 0 atom stereocenters. The lowest BCUT2D eigenvalue weighted by Crippen LogP contribution is -2.24. The van der Waals surface area contributed by atoms with Crippen LogP contribution < -0.4 is 14.8 Å². The van der Waals surface area contributed by atoms with Crippen molar-refractivity contribution >= 4 is 11.9 Å². The number of para-hydroxylation sites is 1. The summed E-state index contributed by atoms with van der Waals surface area (Å²) in [6.45, 7) is 4.66. The molecule has 0 aliphatic rings. The molecule has 6 heteroatoms.